The van der Waals surface area contributed by atoms with Gasteiger partial charge in [0.2, 0.25) is 0 Å². The van der Waals surface area contributed by atoms with Crippen molar-refractivity contribution in [2.24, 2.45) is 5.92 Å². The molecule has 2 heteroatoms. The van der Waals surface area contributed by atoms with E-state index in [-0.39, 0.29) is 5.54 Å². The summed E-state index contributed by atoms with van der Waals surface area (Å²) >= 11 is 0. The van der Waals surface area contributed by atoms with Crippen molar-refractivity contribution in [3.63, 3.8) is 0 Å². The molecule has 0 spiro atoms. The summed E-state index contributed by atoms with van der Waals surface area (Å²) in [6.07, 6.45) is 1.13. The Bertz CT molecular complexity index is 156. The van der Waals surface area contributed by atoms with Crippen molar-refractivity contribution in [3.8, 4) is 0 Å². The first-order valence-electron chi connectivity index (χ1n) is 5.18. The van der Waals surface area contributed by atoms with Gasteiger partial charge in [-0.3, -0.25) is 4.90 Å². The molecule has 78 valence electrons. The van der Waals surface area contributed by atoms with Crippen molar-refractivity contribution in [3.05, 3.63) is 0 Å². The van der Waals surface area contributed by atoms with Gasteiger partial charge in [-0.1, -0.05) is 0 Å². The van der Waals surface area contributed by atoms with Gasteiger partial charge in [-0.2, -0.15) is 0 Å². The van der Waals surface area contributed by atoms with E-state index in [2.05, 4.69) is 25.7 Å². The van der Waals surface area contributed by atoms with Crippen molar-refractivity contribution in [2.45, 2.75) is 52.2 Å². The molecule has 0 aliphatic carbocycles. The van der Waals surface area contributed by atoms with E-state index in [0.29, 0.717) is 5.92 Å². The summed E-state index contributed by atoms with van der Waals surface area (Å²) < 4.78 is 0. The lowest BCUT2D eigenvalue weighted by molar-refractivity contribution is 0.0165. The predicted molar refractivity (Wildman–Crippen MR) is 55.7 cm³/mol. The molecule has 0 unspecified atom stereocenters. The highest BCUT2D eigenvalue weighted by atomic mass is 16.3. The molecule has 0 saturated carbocycles. The Morgan fingerprint density at radius 2 is 1.69 bits per heavy atom. The number of likely N-dealkylation sites (tertiary alicyclic amines) is 1. The standard InChI is InChI=1S/C11H23NO/c1-10(2,3)12-7-6-9(8-12)11(4,5)13/h9,13H,6-8H2,1-5H3/t9-/m1/s1. The van der Waals surface area contributed by atoms with E-state index in [4.69, 9.17) is 0 Å². The largest absolute Gasteiger partial charge is 0.390 e. The summed E-state index contributed by atoms with van der Waals surface area (Å²) in [5.74, 6) is 0.437. The number of hydrogen-bond donors (Lipinski definition) is 1. The number of hydrogen-bond acceptors (Lipinski definition) is 2. The molecule has 0 bridgehead atoms. The maximum absolute atomic E-state index is 9.87. The smallest absolute Gasteiger partial charge is 0.0632 e. The van der Waals surface area contributed by atoms with Crippen LogP contribution in [-0.4, -0.2) is 34.2 Å². The average Bonchev–Trinajstić information content (AvgIpc) is 2.28. The van der Waals surface area contributed by atoms with E-state index in [1.54, 1.807) is 0 Å². The van der Waals surface area contributed by atoms with E-state index in [0.717, 1.165) is 19.5 Å². The second kappa shape index (κ2) is 3.25. The monoisotopic (exact) mass is 185 g/mol. The van der Waals surface area contributed by atoms with Crippen LogP contribution in [0.5, 0.6) is 0 Å². The van der Waals surface area contributed by atoms with E-state index in [9.17, 15) is 5.11 Å². The molecule has 0 aromatic heterocycles. The molecule has 1 rings (SSSR count). The van der Waals surface area contributed by atoms with E-state index in [1.807, 2.05) is 13.8 Å². The maximum Gasteiger partial charge on any atom is 0.0632 e. The molecular weight excluding hydrogens is 162 g/mol. The van der Waals surface area contributed by atoms with E-state index >= 15 is 0 Å². The first kappa shape index (κ1) is 11.0. The molecule has 1 aliphatic heterocycles. The molecule has 1 aliphatic rings. The molecule has 0 amide bonds. The summed E-state index contributed by atoms with van der Waals surface area (Å²) in [6, 6.07) is 0. The van der Waals surface area contributed by atoms with Crippen LogP contribution in [0.2, 0.25) is 0 Å². The molecular formula is C11H23NO. The Balaban J connectivity index is 2.55. The number of nitrogens with zero attached hydrogens (tertiary/aromatic N) is 1. The Morgan fingerprint density at radius 3 is 1.92 bits per heavy atom. The van der Waals surface area contributed by atoms with Crippen molar-refractivity contribution in [2.75, 3.05) is 13.1 Å². The van der Waals surface area contributed by atoms with Crippen LogP contribution in [0.3, 0.4) is 0 Å². The highest BCUT2D eigenvalue weighted by Crippen LogP contribution is 2.30. The van der Waals surface area contributed by atoms with Crippen LogP contribution in [-0.2, 0) is 0 Å². The van der Waals surface area contributed by atoms with Gasteiger partial charge in [0.25, 0.3) is 0 Å². The van der Waals surface area contributed by atoms with Crippen LogP contribution >= 0.6 is 0 Å². The molecule has 0 radical (unpaired) electrons. The van der Waals surface area contributed by atoms with Gasteiger partial charge in [-0.05, 0) is 47.6 Å². The zero-order valence-electron chi connectivity index (χ0n) is 9.59. The van der Waals surface area contributed by atoms with Gasteiger partial charge in [0.1, 0.15) is 0 Å². The van der Waals surface area contributed by atoms with Gasteiger partial charge in [0, 0.05) is 18.0 Å². The fourth-order valence-electron chi connectivity index (χ4n) is 1.95. The zero-order valence-corrected chi connectivity index (χ0v) is 9.59. The van der Waals surface area contributed by atoms with Gasteiger partial charge < -0.3 is 5.11 Å². The first-order chi connectivity index (χ1) is 5.71. The van der Waals surface area contributed by atoms with Crippen molar-refractivity contribution in [1.29, 1.82) is 0 Å². The lowest BCUT2D eigenvalue weighted by Crippen LogP contribution is -2.41. The number of aliphatic hydroxyl groups is 1. The molecule has 1 heterocycles. The van der Waals surface area contributed by atoms with Gasteiger partial charge in [-0.25, -0.2) is 0 Å². The lowest BCUT2D eigenvalue weighted by atomic mass is 9.90. The SMILES string of the molecule is CC(C)(O)[C@@H]1CCN(C(C)(C)C)C1. The van der Waals surface area contributed by atoms with Crippen LogP contribution in [0.1, 0.15) is 41.0 Å². The van der Waals surface area contributed by atoms with Gasteiger partial charge in [0.05, 0.1) is 5.60 Å². The third-order valence-electron chi connectivity index (χ3n) is 3.14. The van der Waals surface area contributed by atoms with Crippen molar-refractivity contribution >= 4 is 0 Å². The molecule has 2 nitrogen and oxygen atoms in total. The van der Waals surface area contributed by atoms with Crippen LogP contribution < -0.4 is 0 Å². The average molecular weight is 185 g/mol. The van der Waals surface area contributed by atoms with Crippen molar-refractivity contribution < 1.29 is 5.11 Å². The first-order valence-corrected chi connectivity index (χ1v) is 5.18. The van der Waals surface area contributed by atoms with Crippen LogP contribution in [0, 0.1) is 5.92 Å². The Morgan fingerprint density at radius 1 is 1.15 bits per heavy atom. The third kappa shape index (κ3) is 2.68. The highest BCUT2D eigenvalue weighted by molar-refractivity contribution is 4.90. The summed E-state index contributed by atoms with van der Waals surface area (Å²) in [7, 11) is 0. The summed E-state index contributed by atoms with van der Waals surface area (Å²) in [6.45, 7) is 12.7. The lowest BCUT2D eigenvalue weighted by Gasteiger charge is -2.33. The number of rotatable bonds is 1. The van der Waals surface area contributed by atoms with Gasteiger partial charge >= 0.3 is 0 Å². The molecule has 1 N–H and O–H groups in total. The third-order valence-corrected chi connectivity index (χ3v) is 3.14. The minimum atomic E-state index is -0.514. The van der Waals surface area contributed by atoms with E-state index in [1.165, 1.54) is 0 Å². The van der Waals surface area contributed by atoms with Gasteiger partial charge in [0.15, 0.2) is 0 Å². The predicted octanol–water partition coefficient (Wildman–Crippen LogP) is 1.88. The topological polar surface area (TPSA) is 23.5 Å². The molecule has 1 saturated heterocycles. The molecule has 1 fully saturated rings. The van der Waals surface area contributed by atoms with Crippen LogP contribution in [0.25, 0.3) is 0 Å². The molecule has 0 aromatic carbocycles. The quantitative estimate of drug-likeness (QED) is 0.674. The second-order valence-corrected chi connectivity index (χ2v) is 5.76. The Labute approximate surface area is 81.9 Å². The minimum absolute atomic E-state index is 0.250. The fourth-order valence-corrected chi connectivity index (χ4v) is 1.95. The highest BCUT2D eigenvalue weighted by Gasteiger charge is 2.37. The zero-order chi connectivity index (χ0) is 10.3. The summed E-state index contributed by atoms with van der Waals surface area (Å²) in [5, 5.41) is 9.87. The maximum atomic E-state index is 9.87. The van der Waals surface area contributed by atoms with Gasteiger partial charge in [-0.15, -0.1) is 0 Å². The molecule has 1 atom stereocenters. The van der Waals surface area contributed by atoms with Crippen molar-refractivity contribution in [1.82, 2.24) is 4.90 Å². The van der Waals surface area contributed by atoms with Crippen LogP contribution in [0.15, 0.2) is 0 Å². The van der Waals surface area contributed by atoms with Crippen LogP contribution in [0.4, 0.5) is 0 Å². The van der Waals surface area contributed by atoms with E-state index < -0.39 is 5.60 Å². The fraction of sp³-hybridized carbons (Fsp3) is 1.00. The molecule has 13 heavy (non-hydrogen) atoms. The Hall–Kier alpha value is -0.0800. The molecule has 0 aromatic rings. The minimum Gasteiger partial charge on any atom is -0.390 e. The normalized spacial score (nSPS) is 26.8. The summed E-state index contributed by atoms with van der Waals surface area (Å²) in [5.41, 5.74) is -0.264. The second-order valence-electron chi connectivity index (χ2n) is 5.76. The Kier molecular flexibility index (Phi) is 2.75. The summed E-state index contributed by atoms with van der Waals surface area (Å²) in [4.78, 5) is 2.45.